The Kier molecular flexibility index (Phi) is 9.87. The van der Waals surface area contributed by atoms with Crippen LogP contribution in [0.15, 0.2) is 0 Å². The number of hydrogen-bond donors (Lipinski definition) is 0. The Morgan fingerprint density at radius 1 is 0.762 bits per heavy atom. The van der Waals surface area contributed by atoms with Crippen molar-refractivity contribution in [3.8, 4) is 0 Å². The van der Waals surface area contributed by atoms with Crippen LogP contribution in [-0.4, -0.2) is 34.9 Å². The van der Waals surface area contributed by atoms with Gasteiger partial charge in [-0.2, -0.15) is 0 Å². The molecule has 0 aromatic carbocycles. The van der Waals surface area contributed by atoms with Crippen molar-refractivity contribution in [2.45, 2.75) is 109 Å². The summed E-state index contributed by atoms with van der Waals surface area (Å²) in [6, 6.07) is 0. The first-order valence-corrected chi connectivity index (χ1v) is 17.1. The van der Waals surface area contributed by atoms with Crippen LogP contribution in [0.4, 0.5) is 0 Å². The molecule has 1 saturated heterocycles. The molecular weight excluding hydrogens is 367 g/mol. The van der Waals surface area contributed by atoms with E-state index >= 15 is 0 Å². The van der Waals surface area contributed by atoms with Crippen LogP contribution >= 0.6 is 0 Å². The first-order chi connectivity index (χ1) is 10.1. The van der Waals surface area contributed by atoms with Gasteiger partial charge in [0.15, 0.2) is 0 Å². The summed E-state index contributed by atoms with van der Waals surface area (Å²) in [6.45, 7) is 11.4. The van der Waals surface area contributed by atoms with E-state index in [9.17, 15) is 0 Å². The summed E-state index contributed by atoms with van der Waals surface area (Å²) in [6.07, 6.45) is 9.94. The normalized spacial score (nSPS) is 27.0. The quantitative estimate of drug-likeness (QED) is 0.421. The topological polar surface area (TPSA) is 18.5 Å². The molecule has 0 aromatic rings. The van der Waals surface area contributed by atoms with Crippen molar-refractivity contribution in [1.29, 1.82) is 0 Å². The van der Waals surface area contributed by atoms with Gasteiger partial charge >= 0.3 is 137 Å². The number of unbranched alkanes of at least 4 members (excludes halogenated alkanes) is 3. The number of hydrogen-bond acceptors (Lipinski definition) is 2. The van der Waals surface area contributed by atoms with Crippen LogP contribution in [0, 0.1) is 0 Å². The fraction of sp³-hybridized carbons (Fsp3) is 1.00. The fourth-order valence-electron chi connectivity index (χ4n) is 3.64. The average Bonchev–Trinajstić information content (AvgIpc) is 2.46. The summed E-state index contributed by atoms with van der Waals surface area (Å²) >= 11 is -2.37. The summed E-state index contributed by atoms with van der Waals surface area (Å²) in [5, 5.41) is 0. The molecule has 3 heteroatoms. The Bertz CT molecular complexity index is 238. The van der Waals surface area contributed by atoms with Gasteiger partial charge in [0.2, 0.25) is 0 Å². The van der Waals surface area contributed by atoms with Gasteiger partial charge in [-0.3, -0.25) is 0 Å². The van der Waals surface area contributed by atoms with Crippen LogP contribution < -0.4 is 0 Å². The molecular formula is C18H38O2Sn. The third-order valence-corrected chi connectivity index (χ3v) is 20.1. The van der Waals surface area contributed by atoms with Gasteiger partial charge in [-0.25, -0.2) is 0 Å². The molecule has 0 bridgehead atoms. The van der Waals surface area contributed by atoms with Crippen molar-refractivity contribution in [2.75, 3.05) is 0 Å². The van der Waals surface area contributed by atoms with E-state index in [0.29, 0.717) is 12.2 Å². The van der Waals surface area contributed by atoms with E-state index in [1.165, 1.54) is 51.8 Å². The van der Waals surface area contributed by atoms with Crippen molar-refractivity contribution < 1.29 is 9.47 Å². The van der Waals surface area contributed by atoms with E-state index in [0.717, 1.165) is 6.42 Å². The van der Waals surface area contributed by atoms with Gasteiger partial charge in [0.1, 0.15) is 0 Å². The van der Waals surface area contributed by atoms with Gasteiger partial charge in [0.05, 0.1) is 0 Å². The molecule has 1 rings (SSSR count). The van der Waals surface area contributed by atoms with Crippen LogP contribution in [0.5, 0.6) is 0 Å². The third-order valence-electron chi connectivity index (χ3n) is 4.96. The minimum absolute atomic E-state index is 0.225. The zero-order valence-electron chi connectivity index (χ0n) is 15.1. The summed E-state index contributed by atoms with van der Waals surface area (Å²) in [4.78, 5) is 0. The summed E-state index contributed by atoms with van der Waals surface area (Å²) < 4.78 is 17.4. The van der Waals surface area contributed by atoms with Crippen molar-refractivity contribution in [1.82, 2.24) is 0 Å². The molecule has 2 atom stereocenters. The van der Waals surface area contributed by atoms with Gasteiger partial charge in [0.25, 0.3) is 0 Å². The summed E-state index contributed by atoms with van der Waals surface area (Å²) in [7, 11) is 0. The molecule has 0 spiro atoms. The number of ether oxygens (including phenoxy) is 2. The number of rotatable bonds is 10. The van der Waals surface area contributed by atoms with E-state index < -0.39 is 18.4 Å². The maximum absolute atomic E-state index is 6.38. The molecule has 2 nitrogen and oxygen atoms in total. The first-order valence-electron chi connectivity index (χ1n) is 9.38. The zero-order valence-corrected chi connectivity index (χ0v) is 18.0. The van der Waals surface area contributed by atoms with Crippen molar-refractivity contribution in [2.24, 2.45) is 0 Å². The molecule has 0 aromatic heterocycles. The standard InChI is InChI=1S/C6H11O2.3C4H9.Sn/c1-5-3-6(2)8-4-7-5;3*1-3-4-2;/h4-6H,3H2,1-2H3;3*1,3-4H2,2H3;/t5-,6-;;;;/m1..../s1. The predicted octanol–water partition coefficient (Wildman–Crippen LogP) is 5.91. The maximum atomic E-state index is 6.38. The molecule has 1 heterocycles. The van der Waals surface area contributed by atoms with E-state index in [1.54, 1.807) is 0 Å². The van der Waals surface area contributed by atoms with Crippen molar-refractivity contribution >= 4 is 18.4 Å². The van der Waals surface area contributed by atoms with E-state index in [1.807, 2.05) is 0 Å². The molecule has 0 N–H and O–H groups in total. The average molecular weight is 405 g/mol. The van der Waals surface area contributed by atoms with Crippen LogP contribution in [0.1, 0.15) is 79.6 Å². The molecule has 21 heavy (non-hydrogen) atoms. The van der Waals surface area contributed by atoms with Crippen LogP contribution in [0.25, 0.3) is 0 Å². The Morgan fingerprint density at radius 3 is 1.48 bits per heavy atom. The second-order valence-corrected chi connectivity index (χ2v) is 20.5. The zero-order chi connectivity index (χ0) is 15.7. The molecule has 0 aliphatic carbocycles. The SMILES string of the molecule is CCC[CH2][Sn]([CH2]CCC)([CH2]CCC)[CH]1O[C@H](C)C[C@@H](C)O1. The van der Waals surface area contributed by atoms with Crippen LogP contribution in [0.3, 0.4) is 0 Å². The Morgan fingerprint density at radius 2 is 1.14 bits per heavy atom. The van der Waals surface area contributed by atoms with E-state index in [4.69, 9.17) is 9.47 Å². The first kappa shape index (κ1) is 19.8. The molecule has 0 saturated carbocycles. The molecule has 0 amide bonds. The summed E-state index contributed by atoms with van der Waals surface area (Å²) in [5.41, 5.74) is 0. The third kappa shape index (κ3) is 6.39. The Labute approximate surface area is 137 Å². The predicted molar refractivity (Wildman–Crippen MR) is 94.4 cm³/mol. The molecule has 0 unspecified atom stereocenters. The van der Waals surface area contributed by atoms with Crippen LogP contribution in [-0.2, 0) is 9.47 Å². The molecule has 1 fully saturated rings. The van der Waals surface area contributed by atoms with Gasteiger partial charge in [-0.1, -0.05) is 0 Å². The van der Waals surface area contributed by atoms with E-state index in [-0.39, 0.29) is 4.31 Å². The Balaban J connectivity index is 2.87. The fourth-order valence-corrected chi connectivity index (χ4v) is 19.8. The van der Waals surface area contributed by atoms with E-state index in [2.05, 4.69) is 34.6 Å². The molecule has 0 radical (unpaired) electrons. The monoisotopic (exact) mass is 406 g/mol. The molecule has 126 valence electrons. The van der Waals surface area contributed by atoms with Gasteiger partial charge < -0.3 is 0 Å². The Hall–Kier alpha value is 0.719. The second kappa shape index (κ2) is 10.5. The van der Waals surface area contributed by atoms with Crippen LogP contribution in [0.2, 0.25) is 13.3 Å². The van der Waals surface area contributed by atoms with Gasteiger partial charge in [-0.15, -0.1) is 0 Å². The second-order valence-electron chi connectivity index (χ2n) is 7.13. The molecule has 1 aliphatic rings. The minimum atomic E-state index is -2.37. The van der Waals surface area contributed by atoms with Gasteiger partial charge in [-0.05, 0) is 0 Å². The van der Waals surface area contributed by atoms with Crippen molar-refractivity contribution in [3.05, 3.63) is 0 Å². The molecule has 1 aliphatic heterocycles. The van der Waals surface area contributed by atoms with Crippen molar-refractivity contribution in [3.63, 3.8) is 0 Å². The summed E-state index contributed by atoms with van der Waals surface area (Å²) in [5.74, 6) is 0. The van der Waals surface area contributed by atoms with Gasteiger partial charge in [0, 0.05) is 0 Å².